The molecule has 0 bridgehead atoms. The van der Waals surface area contributed by atoms with Gasteiger partial charge < -0.3 is 25.6 Å². The Morgan fingerprint density at radius 2 is 1.77 bits per heavy atom. The number of pyridine rings is 1. The van der Waals surface area contributed by atoms with Crippen LogP contribution < -0.4 is 20.9 Å². The van der Waals surface area contributed by atoms with Crippen molar-refractivity contribution in [2.24, 2.45) is 5.41 Å². The van der Waals surface area contributed by atoms with Crippen LogP contribution in [0, 0.1) is 17.0 Å². The molecule has 14 heteroatoms. The van der Waals surface area contributed by atoms with Crippen LogP contribution in [0.1, 0.15) is 45.4 Å². The van der Waals surface area contributed by atoms with Gasteiger partial charge in [0, 0.05) is 67.0 Å². The maximum atomic E-state index is 15.9. The Kier molecular flexibility index (Phi) is 9.35. The molecule has 272 valence electrons. The first-order valence-electron chi connectivity index (χ1n) is 17.3. The van der Waals surface area contributed by atoms with E-state index in [9.17, 15) is 18.8 Å². The van der Waals surface area contributed by atoms with Crippen molar-refractivity contribution in [3.05, 3.63) is 117 Å². The molecule has 8 rings (SSSR count). The minimum absolute atomic E-state index is 0.0145. The summed E-state index contributed by atoms with van der Waals surface area (Å²) in [6.07, 6.45) is 7.21. The third-order valence-corrected chi connectivity index (χ3v) is 11.8. The number of likely N-dealkylation sites (tertiary alicyclic amines) is 1. The molecule has 1 unspecified atom stereocenters. The number of benzene rings is 2. The highest BCUT2D eigenvalue weighted by Gasteiger charge is 2.48. The molecule has 4 aliphatic heterocycles. The van der Waals surface area contributed by atoms with Crippen LogP contribution >= 0.6 is 22.9 Å². The van der Waals surface area contributed by atoms with Crippen LogP contribution in [0.4, 0.5) is 25.8 Å². The lowest BCUT2D eigenvalue weighted by atomic mass is 9.73. The van der Waals surface area contributed by atoms with E-state index in [1.54, 1.807) is 36.4 Å². The summed E-state index contributed by atoms with van der Waals surface area (Å²) in [5.74, 6) is -2.91. The summed E-state index contributed by atoms with van der Waals surface area (Å²) in [4.78, 5) is 49.2. The van der Waals surface area contributed by atoms with Gasteiger partial charge in [0.25, 0.3) is 17.7 Å². The minimum atomic E-state index is -0.841. The number of hydrogen-bond donors (Lipinski definition) is 3. The monoisotopic (exact) mass is 756 g/mol. The van der Waals surface area contributed by atoms with E-state index in [1.807, 2.05) is 19.1 Å². The Labute approximate surface area is 313 Å². The Hall–Kier alpha value is -4.95. The zero-order valence-corrected chi connectivity index (χ0v) is 30.3. The van der Waals surface area contributed by atoms with Crippen LogP contribution in [0.25, 0.3) is 10.6 Å². The van der Waals surface area contributed by atoms with E-state index in [2.05, 4.69) is 25.8 Å². The number of rotatable bonds is 6. The summed E-state index contributed by atoms with van der Waals surface area (Å²) in [7, 11) is 0. The van der Waals surface area contributed by atoms with E-state index in [0.29, 0.717) is 33.1 Å². The number of hydrogen-bond acceptors (Lipinski definition) is 8. The lowest BCUT2D eigenvalue weighted by Crippen LogP contribution is -2.65. The zero-order valence-electron chi connectivity index (χ0n) is 28.7. The number of para-hydroxylation sites is 1. The van der Waals surface area contributed by atoms with E-state index < -0.39 is 17.5 Å². The number of allylic oxidation sites excluding steroid dienone is 3. The van der Waals surface area contributed by atoms with Crippen molar-refractivity contribution in [2.45, 2.75) is 32.4 Å². The number of anilines is 3. The van der Waals surface area contributed by atoms with E-state index in [4.69, 9.17) is 16.3 Å². The average Bonchev–Trinajstić information content (AvgIpc) is 3.38. The topological polar surface area (TPSA) is 116 Å². The van der Waals surface area contributed by atoms with Gasteiger partial charge in [0.1, 0.15) is 22.6 Å². The highest BCUT2D eigenvalue weighted by Crippen LogP contribution is 2.44. The number of halogens is 3. The van der Waals surface area contributed by atoms with Gasteiger partial charge in [-0.3, -0.25) is 24.3 Å². The third kappa shape index (κ3) is 6.63. The van der Waals surface area contributed by atoms with Gasteiger partial charge in [-0.05, 0) is 86.9 Å². The van der Waals surface area contributed by atoms with E-state index >= 15 is 4.39 Å². The van der Waals surface area contributed by atoms with Gasteiger partial charge in [-0.1, -0.05) is 17.7 Å². The molecule has 2 fully saturated rings. The summed E-state index contributed by atoms with van der Waals surface area (Å²) in [6.45, 7) is 5.45. The lowest BCUT2D eigenvalue weighted by Gasteiger charge is -2.55. The number of nitrogens with zero attached hydrogens (tertiary/aromatic N) is 3. The first-order valence-corrected chi connectivity index (χ1v) is 18.5. The average molecular weight is 757 g/mol. The highest BCUT2D eigenvalue weighted by molar-refractivity contribution is 7.17. The molecule has 0 aliphatic carbocycles. The number of thiophene rings is 1. The molecule has 6 heterocycles. The number of dihydropyridines is 1. The maximum absolute atomic E-state index is 15.9. The lowest BCUT2D eigenvalue weighted by molar-refractivity contribution is -0.117. The summed E-state index contributed by atoms with van der Waals surface area (Å²) >= 11 is 6.96. The SMILES string of the molecule is CC1=CC=C(C(=O)Nc2ccc(C(=O)N3CCc4c(sc(C(=O)Nc5c(F)cccc5Cl)c4F)-c4ncccc43)cc2)C(N2CC3(CCOCC3)C2)N1. The van der Waals surface area contributed by atoms with Crippen LogP contribution in [0.15, 0.2) is 84.2 Å². The van der Waals surface area contributed by atoms with Gasteiger partial charge in [-0.15, -0.1) is 11.3 Å². The van der Waals surface area contributed by atoms with Crippen molar-refractivity contribution in [3.8, 4) is 10.6 Å². The fourth-order valence-electron chi connectivity index (χ4n) is 7.45. The van der Waals surface area contributed by atoms with Crippen LogP contribution in [0.5, 0.6) is 0 Å². The number of ether oxygens (including phenoxy) is 1. The smallest absolute Gasteiger partial charge is 0.268 e. The standard InChI is InChI=1S/C39H35ClF2N6O4S/c1-22-7-12-26(35(44-22)47-20-39(21-47)14-18-52-19-15-39)36(49)45-24-10-8-23(9-11-24)38(51)48-17-13-25-30(42)34(53-33(25)32-29(48)6-3-16-43-32)37(50)46-31-27(40)4-2-5-28(31)41/h2-12,16,35,44H,13-15,17-21H2,1H3,(H,45,49)(H,46,50). The number of amides is 3. The van der Waals surface area contributed by atoms with E-state index in [1.165, 1.54) is 23.2 Å². The molecule has 3 amide bonds. The summed E-state index contributed by atoms with van der Waals surface area (Å²) in [5.41, 5.74) is 3.56. The van der Waals surface area contributed by atoms with Crippen molar-refractivity contribution in [1.82, 2.24) is 15.2 Å². The van der Waals surface area contributed by atoms with Gasteiger partial charge in [-0.2, -0.15) is 0 Å². The summed E-state index contributed by atoms with van der Waals surface area (Å²) in [6, 6.07) is 14.0. The number of fused-ring (bicyclic) bond motifs is 3. The fraction of sp³-hybridized carbons (Fsp3) is 0.282. The third-order valence-electron chi connectivity index (χ3n) is 10.3. The van der Waals surface area contributed by atoms with E-state index in [0.717, 1.165) is 62.2 Å². The predicted molar refractivity (Wildman–Crippen MR) is 200 cm³/mol. The zero-order chi connectivity index (χ0) is 36.9. The van der Waals surface area contributed by atoms with Crippen molar-refractivity contribution < 1.29 is 27.9 Å². The normalized spacial score (nSPS) is 19.1. The van der Waals surface area contributed by atoms with Crippen LogP contribution in [0.3, 0.4) is 0 Å². The van der Waals surface area contributed by atoms with Crippen molar-refractivity contribution in [1.29, 1.82) is 0 Å². The van der Waals surface area contributed by atoms with Gasteiger partial charge in [0.05, 0.1) is 26.8 Å². The van der Waals surface area contributed by atoms with Crippen molar-refractivity contribution in [3.63, 3.8) is 0 Å². The number of aromatic nitrogens is 1. The van der Waals surface area contributed by atoms with Gasteiger partial charge in [0.15, 0.2) is 5.82 Å². The quantitative estimate of drug-likeness (QED) is 0.194. The van der Waals surface area contributed by atoms with Crippen molar-refractivity contribution in [2.75, 3.05) is 48.4 Å². The van der Waals surface area contributed by atoms with Gasteiger partial charge in [0.2, 0.25) is 0 Å². The molecule has 4 aromatic rings. The molecule has 2 aromatic carbocycles. The van der Waals surface area contributed by atoms with Crippen LogP contribution in [0.2, 0.25) is 5.02 Å². The number of carbonyl (C=O) groups excluding carboxylic acids is 3. The molecule has 0 radical (unpaired) electrons. The molecule has 53 heavy (non-hydrogen) atoms. The minimum Gasteiger partial charge on any atom is -0.381 e. The predicted octanol–water partition coefficient (Wildman–Crippen LogP) is 7.01. The van der Waals surface area contributed by atoms with Gasteiger partial charge in [-0.25, -0.2) is 8.78 Å². The molecule has 2 saturated heterocycles. The summed E-state index contributed by atoms with van der Waals surface area (Å²) in [5, 5.41) is 8.84. The Morgan fingerprint density at radius 1 is 1.00 bits per heavy atom. The fourth-order valence-corrected chi connectivity index (χ4v) is 8.79. The van der Waals surface area contributed by atoms with Crippen molar-refractivity contribution >= 4 is 57.7 Å². The molecule has 2 aromatic heterocycles. The number of nitrogens with one attached hydrogen (secondary N) is 3. The second kappa shape index (κ2) is 14.1. The maximum Gasteiger partial charge on any atom is 0.268 e. The second-order valence-corrected chi connectivity index (χ2v) is 15.2. The second-order valence-electron chi connectivity index (χ2n) is 13.7. The molecular weight excluding hydrogens is 722 g/mol. The molecule has 10 nitrogen and oxygen atoms in total. The first-order chi connectivity index (χ1) is 25.6. The molecule has 1 spiro atoms. The Balaban J connectivity index is 0.975. The van der Waals surface area contributed by atoms with E-state index in [-0.39, 0.29) is 57.5 Å². The first kappa shape index (κ1) is 35.1. The molecule has 4 aliphatic rings. The Morgan fingerprint density at radius 3 is 2.53 bits per heavy atom. The molecule has 0 saturated carbocycles. The van der Waals surface area contributed by atoms with Gasteiger partial charge >= 0.3 is 0 Å². The largest absolute Gasteiger partial charge is 0.381 e. The van der Waals surface area contributed by atoms with Crippen LogP contribution in [-0.4, -0.2) is 66.6 Å². The summed E-state index contributed by atoms with van der Waals surface area (Å²) < 4.78 is 35.8. The highest BCUT2D eigenvalue weighted by atomic mass is 35.5. The van der Waals surface area contributed by atoms with Crippen LogP contribution in [-0.2, 0) is 16.0 Å². The molecular formula is C39H35ClF2N6O4S. The molecule has 1 atom stereocenters. The number of carbonyl (C=O) groups is 3. The molecule has 3 N–H and O–H groups in total. The Bertz CT molecular complexity index is 2170.